The summed E-state index contributed by atoms with van der Waals surface area (Å²) in [6, 6.07) is -0.411. The molecule has 252 valence electrons. The lowest BCUT2D eigenvalue weighted by molar-refractivity contribution is -0.138. The predicted octanol–water partition coefficient (Wildman–Crippen LogP) is 2.38. The molecule has 4 atom stereocenters. The number of carbonyl (C=O) groups is 2. The molecule has 0 radical (unpaired) electrons. The van der Waals surface area contributed by atoms with Crippen LogP contribution in [0.2, 0.25) is 0 Å². The summed E-state index contributed by atoms with van der Waals surface area (Å²) in [5.41, 5.74) is 10.1. The van der Waals surface area contributed by atoms with Gasteiger partial charge >= 0.3 is 11.9 Å². The number of H-pyrrole nitrogens is 2. The van der Waals surface area contributed by atoms with Crippen LogP contribution in [0.5, 0.6) is 5.75 Å². The minimum absolute atomic E-state index is 0.00904. The zero-order valence-corrected chi connectivity index (χ0v) is 27.2. The van der Waals surface area contributed by atoms with Crippen molar-refractivity contribution in [3.05, 3.63) is 61.9 Å². The first kappa shape index (κ1) is 33.8. The van der Waals surface area contributed by atoms with E-state index in [1.807, 2.05) is 20.8 Å². The highest BCUT2D eigenvalue weighted by atomic mass is 16.5. The molecule has 0 aromatic carbocycles. The van der Waals surface area contributed by atoms with Crippen molar-refractivity contribution in [3.8, 4) is 5.75 Å². The molecule has 2 aromatic heterocycles. The quantitative estimate of drug-likeness (QED) is 0.160. The number of carboxylic acid groups (broad SMARTS) is 2. The van der Waals surface area contributed by atoms with Gasteiger partial charge in [0.25, 0.3) is 0 Å². The fourth-order valence-electron chi connectivity index (χ4n) is 7.51. The third kappa shape index (κ3) is 7.05. The van der Waals surface area contributed by atoms with Crippen molar-refractivity contribution in [2.24, 2.45) is 0 Å². The first-order chi connectivity index (χ1) is 22.0. The summed E-state index contributed by atoms with van der Waals surface area (Å²) in [6.45, 7) is 8.31. The van der Waals surface area contributed by atoms with Crippen molar-refractivity contribution in [1.82, 2.24) is 20.6 Å². The first-order valence-corrected chi connectivity index (χ1v) is 16.2. The van der Waals surface area contributed by atoms with Crippen molar-refractivity contribution in [3.63, 3.8) is 0 Å². The average molecular weight is 641 g/mol. The topological polar surface area (TPSA) is 189 Å². The maximum atomic E-state index is 11.6. The molecule has 8 bridgehead atoms. The lowest BCUT2D eigenvalue weighted by atomic mass is 9.93. The molecule has 3 aliphatic rings. The molecule has 0 fully saturated rings. The summed E-state index contributed by atoms with van der Waals surface area (Å²) < 4.78 is 12.2. The van der Waals surface area contributed by atoms with Crippen LogP contribution in [0.4, 0.5) is 0 Å². The van der Waals surface area contributed by atoms with Gasteiger partial charge in [-0.25, -0.2) is 0 Å². The molecule has 4 unspecified atom stereocenters. The van der Waals surface area contributed by atoms with Crippen LogP contribution in [0, 0.1) is 13.8 Å². The number of hydrogen-bond acceptors (Lipinski definition) is 8. The van der Waals surface area contributed by atoms with Crippen molar-refractivity contribution in [2.75, 3.05) is 26.4 Å². The van der Waals surface area contributed by atoms with E-state index in [2.05, 4.69) is 27.5 Å². The number of nitrogens with one attached hydrogen (secondary N) is 4. The highest BCUT2D eigenvalue weighted by molar-refractivity contribution is 5.68. The third-order valence-electron chi connectivity index (χ3n) is 9.94. The Morgan fingerprint density at radius 1 is 0.674 bits per heavy atom. The van der Waals surface area contributed by atoms with Crippen LogP contribution in [0.3, 0.4) is 0 Å². The van der Waals surface area contributed by atoms with Crippen LogP contribution < -0.4 is 15.4 Å². The van der Waals surface area contributed by atoms with E-state index in [0.29, 0.717) is 38.5 Å². The van der Waals surface area contributed by atoms with E-state index in [0.717, 1.165) is 67.7 Å². The van der Waals surface area contributed by atoms with E-state index < -0.39 is 11.9 Å². The Bertz CT molecular complexity index is 1520. The molecule has 12 nitrogen and oxygen atoms in total. The van der Waals surface area contributed by atoms with E-state index in [1.165, 1.54) is 0 Å². The minimum Gasteiger partial charge on any atom is -0.494 e. The van der Waals surface area contributed by atoms with E-state index in [-0.39, 0.29) is 63.4 Å². The molecular weight excluding hydrogens is 592 g/mol. The second-order valence-electron chi connectivity index (χ2n) is 12.8. The van der Waals surface area contributed by atoms with E-state index in [9.17, 15) is 30.0 Å². The smallest absolute Gasteiger partial charge is 0.303 e. The Morgan fingerprint density at radius 3 is 1.91 bits per heavy atom. The third-order valence-corrected chi connectivity index (χ3v) is 9.94. The van der Waals surface area contributed by atoms with E-state index >= 15 is 0 Å². The van der Waals surface area contributed by atoms with Crippen molar-refractivity contribution < 1.29 is 39.5 Å². The van der Waals surface area contributed by atoms with Crippen LogP contribution >= 0.6 is 0 Å². The molecule has 0 amide bonds. The Labute approximate surface area is 269 Å². The van der Waals surface area contributed by atoms with Crippen molar-refractivity contribution >= 4 is 11.9 Å². The minimum atomic E-state index is -0.857. The molecule has 0 saturated carbocycles. The molecule has 3 aliphatic heterocycles. The fourth-order valence-corrected chi connectivity index (χ4v) is 7.51. The summed E-state index contributed by atoms with van der Waals surface area (Å²) in [7, 11) is 0. The van der Waals surface area contributed by atoms with Crippen LogP contribution in [-0.4, -0.2) is 92.9 Å². The molecule has 8 N–H and O–H groups in total. The number of rotatable bonds is 12. The Hall–Kier alpha value is -3.58. The highest BCUT2D eigenvalue weighted by Crippen LogP contribution is 2.37. The summed E-state index contributed by atoms with van der Waals surface area (Å²) in [5.74, 6) is -0.173. The molecule has 12 heteroatoms. The molecule has 0 spiro atoms. The summed E-state index contributed by atoms with van der Waals surface area (Å²) in [6.07, 6.45) is 3.23. The highest BCUT2D eigenvalue weighted by Gasteiger charge is 2.37. The average Bonchev–Trinajstić information content (AvgIpc) is 3.66. The summed E-state index contributed by atoms with van der Waals surface area (Å²) in [4.78, 5) is 30.6. The molecule has 5 heterocycles. The second kappa shape index (κ2) is 14.5. The van der Waals surface area contributed by atoms with Crippen molar-refractivity contribution in [2.45, 2.75) is 103 Å². The van der Waals surface area contributed by atoms with Gasteiger partial charge in [-0.05, 0) is 57.2 Å². The molecule has 5 rings (SSSR count). The van der Waals surface area contributed by atoms with Gasteiger partial charge in [-0.3, -0.25) is 14.9 Å². The van der Waals surface area contributed by atoms with Gasteiger partial charge in [0.1, 0.15) is 24.7 Å². The lowest BCUT2D eigenvalue weighted by Crippen LogP contribution is -2.37. The number of fused-ring (bicyclic) bond motifs is 8. The molecule has 0 saturated heterocycles. The number of aliphatic hydroxyl groups is 2. The van der Waals surface area contributed by atoms with Gasteiger partial charge in [0.05, 0.1) is 24.9 Å². The van der Waals surface area contributed by atoms with Crippen molar-refractivity contribution in [1.29, 1.82) is 0 Å². The number of aromatic amines is 2. The Balaban J connectivity index is 1.61. The number of carboxylic acids is 2. The van der Waals surface area contributed by atoms with Gasteiger partial charge in [0, 0.05) is 79.3 Å². The van der Waals surface area contributed by atoms with Gasteiger partial charge in [-0.2, -0.15) is 0 Å². The Morgan fingerprint density at radius 2 is 1.22 bits per heavy atom. The standard InChI is InChI=1S/C34H48N4O8/c1-17-21(5-7-31(41)42)27-16-28-22(6-8-32(43)44)18(2)24(36-28)14-29-34(46-12-10-40)20(4)26(38-29)15-30-33(45-11-9-39)19(3)25(37-30)13-23(17)35-27/h23,26-27,29,35-40H,5-16H2,1-4H3,(H,41,42)(H,43,44). The number of hydrogen-bond donors (Lipinski definition) is 8. The summed E-state index contributed by atoms with van der Waals surface area (Å²) in [5, 5.41) is 45.8. The zero-order chi connectivity index (χ0) is 33.1. The molecule has 0 aliphatic carbocycles. The van der Waals surface area contributed by atoms with E-state index in [4.69, 9.17) is 9.47 Å². The maximum absolute atomic E-state index is 11.6. The lowest BCUT2D eigenvalue weighted by Gasteiger charge is -2.19. The molecular formula is C34H48N4O8. The maximum Gasteiger partial charge on any atom is 0.303 e. The second-order valence-corrected chi connectivity index (χ2v) is 12.8. The number of ether oxygens (including phenoxy) is 2. The molecule has 2 aromatic rings. The van der Waals surface area contributed by atoms with E-state index in [1.54, 1.807) is 0 Å². The van der Waals surface area contributed by atoms with Crippen LogP contribution in [-0.2, 0) is 46.4 Å². The zero-order valence-electron chi connectivity index (χ0n) is 27.2. The van der Waals surface area contributed by atoms with Gasteiger partial charge in [-0.15, -0.1) is 0 Å². The summed E-state index contributed by atoms with van der Waals surface area (Å²) >= 11 is 0. The van der Waals surface area contributed by atoms with Crippen LogP contribution in [0.15, 0.2) is 22.5 Å². The number of aliphatic carboxylic acids is 2. The van der Waals surface area contributed by atoms with Crippen LogP contribution in [0.25, 0.3) is 0 Å². The number of aromatic nitrogens is 2. The fraction of sp³-hybridized carbons (Fsp3) is 0.588. The largest absolute Gasteiger partial charge is 0.494 e. The molecule has 46 heavy (non-hydrogen) atoms. The van der Waals surface area contributed by atoms with Gasteiger partial charge in [0.15, 0.2) is 0 Å². The number of aliphatic hydroxyl groups excluding tert-OH is 2. The van der Waals surface area contributed by atoms with Gasteiger partial charge < -0.3 is 45.2 Å². The van der Waals surface area contributed by atoms with Crippen LogP contribution in [0.1, 0.15) is 72.6 Å². The van der Waals surface area contributed by atoms with Gasteiger partial charge in [-0.1, -0.05) is 11.1 Å². The normalized spacial score (nSPS) is 22.9. The first-order valence-electron chi connectivity index (χ1n) is 16.2. The SMILES string of the molecule is CC1=C(CCC(=O)O)C2Cc3[nH]c(c(C)c3CCC(=O)O)CC3NC(Cc4[nH]c(c(C)c4OCCO)CC1N2)C(C)=C3OCCO. The monoisotopic (exact) mass is 640 g/mol. The Kier molecular flexibility index (Phi) is 10.6. The predicted molar refractivity (Wildman–Crippen MR) is 171 cm³/mol. The van der Waals surface area contributed by atoms with Gasteiger partial charge in [0.2, 0.25) is 0 Å².